The lowest BCUT2D eigenvalue weighted by Gasteiger charge is -2.21. The lowest BCUT2D eigenvalue weighted by molar-refractivity contribution is 0.530. The third-order valence-electron chi connectivity index (χ3n) is 3.49. The van der Waals surface area contributed by atoms with Crippen LogP contribution in [0.3, 0.4) is 0 Å². The van der Waals surface area contributed by atoms with Gasteiger partial charge in [-0.05, 0) is 31.5 Å². The van der Waals surface area contributed by atoms with Gasteiger partial charge in [-0.1, -0.05) is 60.7 Å². The third kappa shape index (κ3) is 3.21. The van der Waals surface area contributed by atoms with Gasteiger partial charge in [-0.3, -0.25) is 0 Å². The van der Waals surface area contributed by atoms with Gasteiger partial charge in [0.25, 0.3) is 0 Å². The van der Waals surface area contributed by atoms with Gasteiger partial charge in [-0.2, -0.15) is 0 Å². The van der Waals surface area contributed by atoms with E-state index in [0.29, 0.717) is 12.0 Å². The largest absolute Gasteiger partial charge is 0.317 e. The molecule has 0 heterocycles. The minimum absolute atomic E-state index is 0.467. The van der Waals surface area contributed by atoms with Crippen LogP contribution in [-0.4, -0.2) is 13.1 Å². The van der Waals surface area contributed by atoms with Crippen molar-refractivity contribution in [2.24, 2.45) is 0 Å². The van der Waals surface area contributed by atoms with Crippen LogP contribution in [0.1, 0.15) is 30.4 Å². The quantitative estimate of drug-likeness (QED) is 0.836. The Labute approximate surface area is 110 Å². The average molecular weight is 239 g/mol. The van der Waals surface area contributed by atoms with Gasteiger partial charge in [-0.15, -0.1) is 0 Å². The summed E-state index contributed by atoms with van der Waals surface area (Å²) >= 11 is 0. The molecule has 2 aromatic rings. The number of benzene rings is 2. The standard InChI is InChI=1S/C17H21N/c1-14(18-2)13-17(15-9-5-3-6-10-15)16-11-7-4-8-12-16/h3-12,14,17-18H,13H2,1-2H3/t14-/m0/s1. The summed E-state index contributed by atoms with van der Waals surface area (Å²) in [7, 11) is 2.03. The molecule has 0 fully saturated rings. The molecular formula is C17H21N. The summed E-state index contributed by atoms with van der Waals surface area (Å²) in [4.78, 5) is 0. The smallest absolute Gasteiger partial charge is 0.0104 e. The maximum absolute atomic E-state index is 3.33. The Bertz CT molecular complexity index is 410. The molecule has 0 spiro atoms. The van der Waals surface area contributed by atoms with Gasteiger partial charge in [0.1, 0.15) is 0 Å². The van der Waals surface area contributed by atoms with Crippen molar-refractivity contribution in [1.82, 2.24) is 5.32 Å². The molecule has 2 rings (SSSR count). The normalized spacial score (nSPS) is 12.6. The van der Waals surface area contributed by atoms with Gasteiger partial charge in [-0.25, -0.2) is 0 Å². The fourth-order valence-electron chi connectivity index (χ4n) is 2.31. The molecule has 2 aromatic carbocycles. The van der Waals surface area contributed by atoms with Crippen LogP contribution < -0.4 is 5.32 Å². The Hall–Kier alpha value is -1.60. The van der Waals surface area contributed by atoms with Crippen molar-refractivity contribution in [3.8, 4) is 0 Å². The average Bonchev–Trinajstić information content (AvgIpc) is 2.46. The maximum Gasteiger partial charge on any atom is 0.0104 e. The van der Waals surface area contributed by atoms with Gasteiger partial charge in [0.05, 0.1) is 0 Å². The molecule has 1 heteroatoms. The summed E-state index contributed by atoms with van der Waals surface area (Å²) < 4.78 is 0. The van der Waals surface area contributed by atoms with E-state index in [1.54, 1.807) is 0 Å². The van der Waals surface area contributed by atoms with Crippen molar-refractivity contribution in [2.45, 2.75) is 25.3 Å². The second kappa shape index (κ2) is 6.36. The second-order valence-electron chi connectivity index (χ2n) is 4.80. The topological polar surface area (TPSA) is 12.0 Å². The van der Waals surface area contributed by atoms with E-state index in [2.05, 4.69) is 72.9 Å². The molecule has 0 aliphatic rings. The number of nitrogens with one attached hydrogen (secondary N) is 1. The van der Waals surface area contributed by atoms with E-state index >= 15 is 0 Å². The minimum atomic E-state index is 0.467. The Morgan fingerprint density at radius 2 is 1.28 bits per heavy atom. The highest BCUT2D eigenvalue weighted by Gasteiger charge is 2.16. The van der Waals surface area contributed by atoms with E-state index in [4.69, 9.17) is 0 Å². The van der Waals surface area contributed by atoms with Crippen molar-refractivity contribution in [2.75, 3.05) is 7.05 Å². The van der Waals surface area contributed by atoms with E-state index in [0.717, 1.165) is 6.42 Å². The zero-order valence-corrected chi connectivity index (χ0v) is 11.1. The maximum atomic E-state index is 3.33. The molecule has 1 N–H and O–H groups in total. The van der Waals surface area contributed by atoms with Gasteiger partial charge in [0.15, 0.2) is 0 Å². The molecule has 0 radical (unpaired) electrons. The molecule has 0 saturated carbocycles. The first kappa shape index (κ1) is 12.8. The highest BCUT2D eigenvalue weighted by atomic mass is 14.8. The summed E-state index contributed by atoms with van der Waals surface area (Å²) in [6.45, 7) is 2.24. The lowest BCUT2D eigenvalue weighted by Crippen LogP contribution is -2.24. The van der Waals surface area contributed by atoms with Crippen LogP contribution >= 0.6 is 0 Å². The Morgan fingerprint density at radius 3 is 1.67 bits per heavy atom. The highest BCUT2D eigenvalue weighted by molar-refractivity contribution is 5.32. The van der Waals surface area contributed by atoms with E-state index in [1.165, 1.54) is 11.1 Å². The molecule has 0 aliphatic carbocycles. The first-order chi connectivity index (χ1) is 8.81. The van der Waals surface area contributed by atoms with Crippen molar-refractivity contribution >= 4 is 0 Å². The van der Waals surface area contributed by atoms with Crippen LogP contribution in [0.5, 0.6) is 0 Å². The predicted molar refractivity (Wildman–Crippen MR) is 77.9 cm³/mol. The van der Waals surface area contributed by atoms with Gasteiger partial charge in [0.2, 0.25) is 0 Å². The molecular weight excluding hydrogens is 218 g/mol. The Morgan fingerprint density at radius 1 is 0.833 bits per heavy atom. The summed E-state index contributed by atoms with van der Waals surface area (Å²) in [6.07, 6.45) is 1.12. The Balaban J connectivity index is 2.29. The third-order valence-corrected chi connectivity index (χ3v) is 3.49. The molecule has 0 aliphatic heterocycles. The van der Waals surface area contributed by atoms with Crippen LogP contribution in [0.25, 0.3) is 0 Å². The molecule has 1 atom stereocenters. The summed E-state index contributed by atoms with van der Waals surface area (Å²) in [5, 5.41) is 3.33. The summed E-state index contributed by atoms with van der Waals surface area (Å²) in [6, 6.07) is 22.0. The van der Waals surface area contributed by atoms with Crippen molar-refractivity contribution in [1.29, 1.82) is 0 Å². The molecule has 1 nitrogen and oxygen atoms in total. The molecule has 0 amide bonds. The first-order valence-electron chi connectivity index (χ1n) is 6.58. The van der Waals surface area contributed by atoms with Gasteiger partial charge in [0, 0.05) is 12.0 Å². The minimum Gasteiger partial charge on any atom is -0.317 e. The van der Waals surface area contributed by atoms with Crippen molar-refractivity contribution < 1.29 is 0 Å². The van der Waals surface area contributed by atoms with E-state index in [9.17, 15) is 0 Å². The molecule has 94 valence electrons. The molecule has 0 aromatic heterocycles. The van der Waals surface area contributed by atoms with Gasteiger partial charge >= 0.3 is 0 Å². The Kier molecular flexibility index (Phi) is 4.54. The number of rotatable bonds is 5. The van der Waals surface area contributed by atoms with Crippen LogP contribution in [0, 0.1) is 0 Å². The summed E-state index contributed by atoms with van der Waals surface area (Å²) in [5.41, 5.74) is 2.79. The van der Waals surface area contributed by atoms with Gasteiger partial charge < -0.3 is 5.32 Å². The fourth-order valence-corrected chi connectivity index (χ4v) is 2.31. The van der Waals surface area contributed by atoms with E-state index < -0.39 is 0 Å². The summed E-state index contributed by atoms with van der Waals surface area (Å²) in [5.74, 6) is 0.467. The van der Waals surface area contributed by atoms with E-state index in [1.807, 2.05) is 7.05 Å². The van der Waals surface area contributed by atoms with Crippen molar-refractivity contribution in [3.63, 3.8) is 0 Å². The zero-order chi connectivity index (χ0) is 12.8. The van der Waals surface area contributed by atoms with Crippen LogP contribution in [0.4, 0.5) is 0 Å². The molecule has 0 bridgehead atoms. The monoisotopic (exact) mass is 239 g/mol. The van der Waals surface area contributed by atoms with Crippen LogP contribution in [-0.2, 0) is 0 Å². The van der Waals surface area contributed by atoms with E-state index in [-0.39, 0.29) is 0 Å². The predicted octanol–water partition coefficient (Wildman–Crippen LogP) is 3.82. The number of hydrogen-bond acceptors (Lipinski definition) is 1. The first-order valence-corrected chi connectivity index (χ1v) is 6.58. The number of hydrogen-bond donors (Lipinski definition) is 1. The fraction of sp³-hybridized carbons (Fsp3) is 0.294. The molecule has 0 saturated heterocycles. The zero-order valence-electron chi connectivity index (χ0n) is 11.1. The molecule has 18 heavy (non-hydrogen) atoms. The highest BCUT2D eigenvalue weighted by Crippen LogP contribution is 2.28. The lowest BCUT2D eigenvalue weighted by atomic mass is 9.86. The van der Waals surface area contributed by atoms with Crippen LogP contribution in [0.15, 0.2) is 60.7 Å². The second-order valence-corrected chi connectivity index (χ2v) is 4.80. The molecule has 0 unspecified atom stereocenters. The van der Waals surface area contributed by atoms with Crippen LogP contribution in [0.2, 0.25) is 0 Å². The SMILES string of the molecule is CN[C@@H](C)CC(c1ccccc1)c1ccccc1. The van der Waals surface area contributed by atoms with Crippen molar-refractivity contribution in [3.05, 3.63) is 71.8 Å².